The maximum Gasteiger partial charge on any atom is 0.257 e. The van der Waals surface area contributed by atoms with Crippen LogP contribution in [0.4, 0.5) is 10.8 Å². The quantitative estimate of drug-likeness (QED) is 0.691. The Hall–Kier alpha value is -2.77. The van der Waals surface area contributed by atoms with Crippen LogP contribution in [-0.4, -0.2) is 29.5 Å². The molecule has 1 saturated heterocycles. The molecule has 0 bridgehead atoms. The lowest BCUT2D eigenvalue weighted by Crippen LogP contribution is -2.27. The van der Waals surface area contributed by atoms with E-state index < -0.39 is 6.10 Å². The average molecular weight is 395 g/mol. The first kappa shape index (κ1) is 18.6. The van der Waals surface area contributed by atoms with Crippen LogP contribution in [0.5, 0.6) is 0 Å². The SMILES string of the molecule is Cc1ccc(C)c2sc(NC(=O)c3cccc(NC(=O)C4CCCO4)c3)nc12. The van der Waals surface area contributed by atoms with E-state index in [1.54, 1.807) is 24.3 Å². The summed E-state index contributed by atoms with van der Waals surface area (Å²) < 4.78 is 6.47. The van der Waals surface area contributed by atoms with Crippen molar-refractivity contribution in [3.05, 3.63) is 53.1 Å². The number of nitrogens with one attached hydrogen (secondary N) is 2. The summed E-state index contributed by atoms with van der Waals surface area (Å²) in [4.78, 5) is 29.4. The molecular weight excluding hydrogens is 374 g/mol. The van der Waals surface area contributed by atoms with Crippen LogP contribution in [0, 0.1) is 13.8 Å². The largest absolute Gasteiger partial charge is 0.368 e. The molecule has 0 saturated carbocycles. The summed E-state index contributed by atoms with van der Waals surface area (Å²) in [6.45, 7) is 4.65. The maximum atomic E-state index is 12.7. The van der Waals surface area contributed by atoms with Gasteiger partial charge in [-0.3, -0.25) is 14.9 Å². The molecule has 2 aromatic carbocycles. The zero-order chi connectivity index (χ0) is 19.7. The summed E-state index contributed by atoms with van der Waals surface area (Å²) >= 11 is 1.46. The van der Waals surface area contributed by atoms with Crippen molar-refractivity contribution in [2.24, 2.45) is 0 Å². The van der Waals surface area contributed by atoms with E-state index in [4.69, 9.17) is 4.74 Å². The number of amides is 2. The number of thiazole rings is 1. The van der Waals surface area contributed by atoms with Crippen LogP contribution in [0.3, 0.4) is 0 Å². The molecule has 1 atom stereocenters. The van der Waals surface area contributed by atoms with Crippen LogP contribution in [-0.2, 0) is 9.53 Å². The van der Waals surface area contributed by atoms with Gasteiger partial charge in [0.05, 0.1) is 10.2 Å². The first-order valence-corrected chi connectivity index (χ1v) is 10.0. The molecule has 0 spiro atoms. The van der Waals surface area contributed by atoms with Gasteiger partial charge >= 0.3 is 0 Å². The molecule has 2 heterocycles. The van der Waals surface area contributed by atoms with Crippen LogP contribution >= 0.6 is 11.3 Å². The zero-order valence-electron chi connectivity index (χ0n) is 15.7. The summed E-state index contributed by atoms with van der Waals surface area (Å²) in [6.07, 6.45) is 1.20. The molecule has 1 unspecified atom stereocenters. The Kier molecular flexibility index (Phi) is 5.11. The minimum Gasteiger partial charge on any atom is -0.368 e. The average Bonchev–Trinajstić information content (AvgIpc) is 3.35. The number of carbonyl (C=O) groups excluding carboxylic acids is 2. The molecule has 1 aliphatic heterocycles. The third kappa shape index (κ3) is 3.76. The van der Waals surface area contributed by atoms with Gasteiger partial charge in [-0.2, -0.15) is 0 Å². The number of aryl methyl sites for hydroxylation is 2. The van der Waals surface area contributed by atoms with Gasteiger partial charge in [-0.05, 0) is 56.0 Å². The van der Waals surface area contributed by atoms with Gasteiger partial charge in [-0.15, -0.1) is 0 Å². The van der Waals surface area contributed by atoms with E-state index in [1.807, 2.05) is 19.9 Å². The van der Waals surface area contributed by atoms with E-state index in [1.165, 1.54) is 11.3 Å². The molecular formula is C21H21N3O3S. The second-order valence-electron chi connectivity index (χ2n) is 6.92. The van der Waals surface area contributed by atoms with Crippen molar-refractivity contribution in [1.29, 1.82) is 0 Å². The normalized spacial score (nSPS) is 16.3. The summed E-state index contributed by atoms with van der Waals surface area (Å²) in [7, 11) is 0. The second kappa shape index (κ2) is 7.69. The number of hydrogen-bond acceptors (Lipinski definition) is 5. The highest BCUT2D eigenvalue weighted by atomic mass is 32.1. The van der Waals surface area contributed by atoms with Gasteiger partial charge in [-0.25, -0.2) is 4.98 Å². The Balaban J connectivity index is 1.50. The van der Waals surface area contributed by atoms with Crippen molar-refractivity contribution in [3.8, 4) is 0 Å². The predicted molar refractivity (Wildman–Crippen MR) is 111 cm³/mol. The Morgan fingerprint density at radius 3 is 2.71 bits per heavy atom. The summed E-state index contributed by atoms with van der Waals surface area (Å²) in [5.41, 5.74) is 4.16. The summed E-state index contributed by atoms with van der Waals surface area (Å²) in [6, 6.07) is 11.0. The van der Waals surface area contributed by atoms with Gasteiger partial charge in [0.1, 0.15) is 6.10 Å². The van der Waals surface area contributed by atoms with Crippen LogP contribution in [0.1, 0.15) is 34.3 Å². The van der Waals surface area contributed by atoms with E-state index in [0.29, 0.717) is 23.0 Å². The number of hydrogen-bond donors (Lipinski definition) is 2. The summed E-state index contributed by atoms with van der Waals surface area (Å²) in [5.74, 6) is -0.435. The third-order valence-electron chi connectivity index (χ3n) is 4.78. The van der Waals surface area contributed by atoms with Crippen molar-refractivity contribution >= 4 is 44.2 Å². The van der Waals surface area contributed by atoms with E-state index in [0.717, 1.165) is 34.2 Å². The lowest BCUT2D eigenvalue weighted by molar-refractivity contribution is -0.124. The lowest BCUT2D eigenvalue weighted by Gasteiger charge is -2.11. The number of rotatable bonds is 4. The van der Waals surface area contributed by atoms with Crippen molar-refractivity contribution in [3.63, 3.8) is 0 Å². The van der Waals surface area contributed by atoms with Gasteiger partial charge < -0.3 is 10.1 Å². The smallest absolute Gasteiger partial charge is 0.257 e. The number of fused-ring (bicyclic) bond motifs is 1. The molecule has 0 radical (unpaired) electrons. The van der Waals surface area contributed by atoms with Crippen molar-refractivity contribution < 1.29 is 14.3 Å². The molecule has 4 rings (SSSR count). The Morgan fingerprint density at radius 2 is 1.96 bits per heavy atom. The Labute approximate surface area is 166 Å². The van der Waals surface area contributed by atoms with Crippen molar-refractivity contribution in [1.82, 2.24) is 4.98 Å². The number of anilines is 2. The number of carbonyl (C=O) groups is 2. The highest BCUT2D eigenvalue weighted by Gasteiger charge is 2.23. The number of benzene rings is 2. The molecule has 6 nitrogen and oxygen atoms in total. The number of nitrogens with zero attached hydrogens (tertiary/aromatic N) is 1. The highest BCUT2D eigenvalue weighted by molar-refractivity contribution is 7.22. The molecule has 28 heavy (non-hydrogen) atoms. The minimum absolute atomic E-state index is 0.174. The molecule has 2 amide bonds. The van der Waals surface area contributed by atoms with Crippen molar-refractivity contribution in [2.45, 2.75) is 32.8 Å². The van der Waals surface area contributed by atoms with E-state index in [-0.39, 0.29) is 11.8 Å². The van der Waals surface area contributed by atoms with E-state index in [9.17, 15) is 9.59 Å². The Morgan fingerprint density at radius 1 is 1.14 bits per heavy atom. The van der Waals surface area contributed by atoms with Crippen LogP contribution in [0.15, 0.2) is 36.4 Å². The molecule has 144 valence electrons. The van der Waals surface area contributed by atoms with Crippen LogP contribution < -0.4 is 10.6 Å². The summed E-state index contributed by atoms with van der Waals surface area (Å²) in [5, 5.41) is 6.25. The monoisotopic (exact) mass is 395 g/mol. The molecule has 7 heteroatoms. The third-order valence-corrected chi connectivity index (χ3v) is 5.88. The van der Waals surface area contributed by atoms with Gasteiger partial charge in [0, 0.05) is 17.9 Å². The first-order valence-electron chi connectivity index (χ1n) is 9.22. The first-order chi connectivity index (χ1) is 13.5. The fourth-order valence-corrected chi connectivity index (χ4v) is 4.23. The maximum absolute atomic E-state index is 12.7. The predicted octanol–water partition coefficient (Wildman–Crippen LogP) is 4.28. The standard InChI is InChI=1S/C21H21N3O3S/c1-12-8-9-13(2)18-17(12)23-21(28-18)24-19(25)14-5-3-6-15(11-14)22-20(26)16-7-4-10-27-16/h3,5-6,8-9,11,16H,4,7,10H2,1-2H3,(H,22,26)(H,23,24,25). The Bertz CT molecular complexity index is 1020. The second-order valence-corrected chi connectivity index (χ2v) is 7.92. The fourth-order valence-electron chi connectivity index (χ4n) is 3.23. The molecule has 2 N–H and O–H groups in total. The van der Waals surface area contributed by atoms with Crippen LogP contribution in [0.25, 0.3) is 10.2 Å². The zero-order valence-corrected chi connectivity index (χ0v) is 16.6. The topological polar surface area (TPSA) is 80.3 Å². The van der Waals surface area contributed by atoms with Gasteiger partial charge in [0.15, 0.2) is 5.13 Å². The van der Waals surface area contributed by atoms with E-state index >= 15 is 0 Å². The fraction of sp³-hybridized carbons (Fsp3) is 0.286. The molecule has 0 aliphatic carbocycles. The number of aromatic nitrogens is 1. The molecule has 1 aliphatic rings. The molecule has 1 fully saturated rings. The van der Waals surface area contributed by atoms with E-state index in [2.05, 4.69) is 21.7 Å². The minimum atomic E-state index is -0.410. The van der Waals surface area contributed by atoms with Crippen molar-refractivity contribution in [2.75, 3.05) is 17.2 Å². The van der Waals surface area contributed by atoms with Crippen LogP contribution in [0.2, 0.25) is 0 Å². The lowest BCUT2D eigenvalue weighted by atomic mass is 10.1. The number of ether oxygens (including phenoxy) is 1. The van der Waals surface area contributed by atoms with Gasteiger partial charge in [0.2, 0.25) is 0 Å². The van der Waals surface area contributed by atoms with Gasteiger partial charge in [0.25, 0.3) is 11.8 Å². The molecule has 3 aromatic rings. The van der Waals surface area contributed by atoms with Gasteiger partial charge in [-0.1, -0.05) is 29.5 Å². The molecule has 1 aromatic heterocycles. The highest BCUT2D eigenvalue weighted by Crippen LogP contribution is 2.31.